The van der Waals surface area contributed by atoms with Crippen molar-refractivity contribution in [2.75, 3.05) is 20.1 Å². The lowest BCUT2D eigenvalue weighted by atomic mass is 10.1. The fourth-order valence-corrected chi connectivity index (χ4v) is 1.57. The minimum absolute atomic E-state index is 0.207. The van der Waals surface area contributed by atoms with E-state index in [1.54, 1.807) is 11.9 Å². The Morgan fingerprint density at radius 1 is 1.62 bits per heavy atom. The molecule has 0 aromatic rings. The molecule has 0 radical (unpaired) electrons. The van der Waals surface area contributed by atoms with E-state index in [0.29, 0.717) is 0 Å². The van der Waals surface area contributed by atoms with Crippen molar-refractivity contribution in [2.45, 2.75) is 31.9 Å². The Kier molecular flexibility index (Phi) is 2.93. The molecule has 1 heterocycles. The molecule has 0 aromatic heterocycles. The van der Waals surface area contributed by atoms with Crippen molar-refractivity contribution in [1.82, 2.24) is 10.2 Å². The first kappa shape index (κ1) is 10.5. The van der Waals surface area contributed by atoms with Gasteiger partial charge in [0.15, 0.2) is 0 Å². The first-order valence-electron chi connectivity index (χ1n) is 4.63. The second-order valence-electron chi connectivity index (χ2n) is 4.12. The molecule has 1 rings (SSSR count). The monoisotopic (exact) mass is 186 g/mol. The lowest BCUT2D eigenvalue weighted by molar-refractivity contribution is -0.148. The van der Waals surface area contributed by atoms with Crippen LogP contribution >= 0.6 is 0 Å². The van der Waals surface area contributed by atoms with Gasteiger partial charge in [0.1, 0.15) is 5.60 Å². The van der Waals surface area contributed by atoms with E-state index in [0.717, 1.165) is 19.5 Å². The SMILES string of the molecule is CN(C(=O)C(C)(C)O)[C@H]1CCNC1. The third kappa shape index (κ3) is 2.42. The Morgan fingerprint density at radius 2 is 2.23 bits per heavy atom. The number of aliphatic hydroxyl groups is 1. The number of nitrogens with one attached hydrogen (secondary N) is 1. The number of nitrogens with zero attached hydrogens (tertiary/aromatic N) is 1. The minimum Gasteiger partial charge on any atom is -0.381 e. The average molecular weight is 186 g/mol. The molecule has 1 saturated heterocycles. The van der Waals surface area contributed by atoms with Crippen LogP contribution in [0.1, 0.15) is 20.3 Å². The number of hydrogen-bond donors (Lipinski definition) is 2. The van der Waals surface area contributed by atoms with Crippen molar-refractivity contribution >= 4 is 5.91 Å². The van der Waals surface area contributed by atoms with E-state index in [1.807, 2.05) is 0 Å². The number of rotatable bonds is 2. The maximum Gasteiger partial charge on any atom is 0.253 e. The molecular weight excluding hydrogens is 168 g/mol. The largest absolute Gasteiger partial charge is 0.381 e. The van der Waals surface area contributed by atoms with Gasteiger partial charge in [-0.15, -0.1) is 0 Å². The number of carbonyl (C=O) groups excluding carboxylic acids is 1. The first-order chi connectivity index (χ1) is 5.93. The van der Waals surface area contributed by atoms with Crippen LogP contribution in [-0.2, 0) is 4.79 Å². The van der Waals surface area contributed by atoms with E-state index in [2.05, 4.69) is 5.32 Å². The average Bonchev–Trinajstić information content (AvgIpc) is 2.51. The van der Waals surface area contributed by atoms with Gasteiger partial charge in [-0.05, 0) is 26.8 Å². The molecule has 1 fully saturated rings. The van der Waals surface area contributed by atoms with Crippen LogP contribution < -0.4 is 5.32 Å². The van der Waals surface area contributed by atoms with Gasteiger partial charge in [0.2, 0.25) is 0 Å². The topological polar surface area (TPSA) is 52.6 Å². The molecule has 2 N–H and O–H groups in total. The van der Waals surface area contributed by atoms with Gasteiger partial charge in [0.05, 0.1) is 0 Å². The zero-order valence-electron chi connectivity index (χ0n) is 8.50. The molecule has 76 valence electrons. The number of carbonyl (C=O) groups is 1. The molecular formula is C9H18N2O2. The second kappa shape index (κ2) is 3.64. The summed E-state index contributed by atoms with van der Waals surface area (Å²) in [6, 6.07) is 0.235. The highest BCUT2D eigenvalue weighted by atomic mass is 16.3. The lowest BCUT2D eigenvalue weighted by Gasteiger charge is -2.29. The van der Waals surface area contributed by atoms with Crippen LogP contribution in [0.3, 0.4) is 0 Å². The van der Waals surface area contributed by atoms with Crippen molar-refractivity contribution in [2.24, 2.45) is 0 Å². The highest BCUT2D eigenvalue weighted by Gasteiger charge is 2.32. The molecule has 0 saturated carbocycles. The number of amides is 1. The maximum atomic E-state index is 11.6. The lowest BCUT2D eigenvalue weighted by Crippen LogP contribution is -2.48. The third-order valence-corrected chi connectivity index (χ3v) is 2.43. The summed E-state index contributed by atoms with van der Waals surface area (Å²) in [4.78, 5) is 13.2. The van der Waals surface area contributed by atoms with Crippen LogP contribution in [0.5, 0.6) is 0 Å². The third-order valence-electron chi connectivity index (χ3n) is 2.43. The molecule has 0 unspecified atom stereocenters. The highest BCUT2D eigenvalue weighted by molar-refractivity contribution is 5.84. The molecule has 0 bridgehead atoms. The number of hydrogen-bond acceptors (Lipinski definition) is 3. The second-order valence-corrected chi connectivity index (χ2v) is 4.12. The predicted molar refractivity (Wildman–Crippen MR) is 50.3 cm³/mol. The smallest absolute Gasteiger partial charge is 0.253 e. The Labute approximate surface area is 78.9 Å². The van der Waals surface area contributed by atoms with Gasteiger partial charge >= 0.3 is 0 Å². The molecule has 1 aliphatic heterocycles. The van der Waals surface area contributed by atoms with E-state index in [9.17, 15) is 9.90 Å². The highest BCUT2D eigenvalue weighted by Crippen LogP contribution is 2.12. The maximum absolute atomic E-state index is 11.6. The predicted octanol–water partition coefficient (Wildman–Crippen LogP) is -0.422. The van der Waals surface area contributed by atoms with Crippen molar-refractivity contribution in [1.29, 1.82) is 0 Å². The van der Waals surface area contributed by atoms with Gasteiger partial charge in [0.25, 0.3) is 5.91 Å². The van der Waals surface area contributed by atoms with Crippen LogP contribution in [0.25, 0.3) is 0 Å². The van der Waals surface area contributed by atoms with Crippen molar-refractivity contribution in [3.63, 3.8) is 0 Å². The summed E-state index contributed by atoms with van der Waals surface area (Å²) in [5, 5.41) is 12.7. The molecule has 0 spiro atoms. The van der Waals surface area contributed by atoms with Crippen molar-refractivity contribution in [3.05, 3.63) is 0 Å². The van der Waals surface area contributed by atoms with Crippen LogP contribution in [-0.4, -0.2) is 47.7 Å². The first-order valence-corrected chi connectivity index (χ1v) is 4.63. The van der Waals surface area contributed by atoms with Crippen molar-refractivity contribution in [3.8, 4) is 0 Å². The molecule has 4 heteroatoms. The van der Waals surface area contributed by atoms with E-state index in [4.69, 9.17) is 0 Å². The Morgan fingerprint density at radius 3 is 2.62 bits per heavy atom. The zero-order valence-corrected chi connectivity index (χ0v) is 8.50. The van der Waals surface area contributed by atoms with Crippen LogP contribution in [0, 0.1) is 0 Å². The van der Waals surface area contributed by atoms with Crippen LogP contribution in [0.4, 0.5) is 0 Å². The summed E-state index contributed by atoms with van der Waals surface area (Å²) >= 11 is 0. The summed E-state index contributed by atoms with van der Waals surface area (Å²) < 4.78 is 0. The fraction of sp³-hybridized carbons (Fsp3) is 0.889. The standard InChI is InChI=1S/C9H18N2O2/c1-9(2,13)8(12)11(3)7-4-5-10-6-7/h7,10,13H,4-6H2,1-3H3/t7-/m0/s1. The van der Waals surface area contributed by atoms with Gasteiger partial charge in [-0.25, -0.2) is 0 Å². The molecule has 13 heavy (non-hydrogen) atoms. The van der Waals surface area contributed by atoms with Gasteiger partial charge in [0, 0.05) is 19.6 Å². The fourth-order valence-electron chi connectivity index (χ4n) is 1.57. The quantitative estimate of drug-likeness (QED) is 0.615. The molecule has 4 nitrogen and oxygen atoms in total. The van der Waals surface area contributed by atoms with E-state index in [-0.39, 0.29) is 11.9 Å². The van der Waals surface area contributed by atoms with E-state index >= 15 is 0 Å². The Bertz CT molecular complexity index is 192. The summed E-state index contributed by atoms with van der Waals surface area (Å²) in [6.45, 7) is 4.83. The Hall–Kier alpha value is -0.610. The van der Waals surface area contributed by atoms with Crippen LogP contribution in [0.2, 0.25) is 0 Å². The van der Waals surface area contributed by atoms with E-state index in [1.165, 1.54) is 13.8 Å². The van der Waals surface area contributed by atoms with Crippen molar-refractivity contribution < 1.29 is 9.90 Å². The normalized spacial score (nSPS) is 23.2. The Balaban J connectivity index is 2.56. The summed E-state index contributed by atoms with van der Waals surface area (Å²) in [6.07, 6.45) is 0.971. The van der Waals surface area contributed by atoms with Crippen LogP contribution in [0.15, 0.2) is 0 Å². The summed E-state index contributed by atoms with van der Waals surface area (Å²) in [5.74, 6) is -0.207. The molecule has 1 amide bonds. The van der Waals surface area contributed by atoms with Gasteiger partial charge in [-0.1, -0.05) is 0 Å². The molecule has 1 aliphatic rings. The van der Waals surface area contributed by atoms with E-state index < -0.39 is 5.60 Å². The summed E-state index contributed by atoms with van der Waals surface area (Å²) in [7, 11) is 1.75. The molecule has 1 atom stereocenters. The molecule has 0 aliphatic carbocycles. The minimum atomic E-state index is -1.25. The van der Waals surface area contributed by atoms with Gasteiger partial charge in [-0.2, -0.15) is 0 Å². The summed E-state index contributed by atoms with van der Waals surface area (Å²) in [5.41, 5.74) is -1.25. The molecule has 0 aromatic carbocycles. The van der Waals surface area contributed by atoms with Gasteiger partial charge < -0.3 is 15.3 Å². The number of likely N-dealkylation sites (N-methyl/N-ethyl adjacent to an activating group) is 1. The zero-order chi connectivity index (χ0) is 10.1. The van der Waals surface area contributed by atoms with Gasteiger partial charge in [-0.3, -0.25) is 4.79 Å².